The lowest BCUT2D eigenvalue weighted by Gasteiger charge is -2.38. The summed E-state index contributed by atoms with van der Waals surface area (Å²) in [7, 11) is -3.80. The first kappa shape index (κ1) is 14.6. The molecular formula is C22H23N3O2S. The predicted octanol–water partition coefficient (Wildman–Crippen LogP) is 2.77. The second-order valence-electron chi connectivity index (χ2n) is 7.63. The van der Waals surface area contributed by atoms with Gasteiger partial charge in [-0.2, -0.15) is 0 Å². The summed E-state index contributed by atoms with van der Waals surface area (Å²) >= 11 is 0. The first-order valence-corrected chi connectivity index (χ1v) is 10.7. The third-order valence-corrected chi connectivity index (χ3v) is 7.40. The Morgan fingerprint density at radius 1 is 1.18 bits per heavy atom. The third-order valence-electron chi connectivity index (χ3n) is 5.71. The lowest BCUT2D eigenvalue weighted by molar-refractivity contribution is 0.268. The Morgan fingerprint density at radius 2 is 1.96 bits per heavy atom. The predicted molar refractivity (Wildman–Crippen MR) is 112 cm³/mol. The SMILES string of the molecule is [2H]C([2H])([2H])N1C[C@@H](N)C=C2c3cccc4c3c(cn4S(=O)(=O)c3ccc(C)cc3)C[C@H]21. The standard InChI is InChI=1S/C22H23N3O2S/c1-14-6-8-17(9-7-14)28(26,27)25-12-15-10-21-19(11-16(23)13-24(21)2)18-4-3-5-20(25)22(15)18/h3-9,11-12,16,21H,10,13,23H2,1-2H3/t16-,21+/m0/s1/i2D3. The summed E-state index contributed by atoms with van der Waals surface area (Å²) in [4.78, 5) is 1.68. The fourth-order valence-electron chi connectivity index (χ4n) is 4.37. The fourth-order valence-corrected chi connectivity index (χ4v) is 5.75. The molecule has 0 spiro atoms. The Bertz CT molecular complexity index is 1320. The molecular weight excluding hydrogens is 370 g/mol. The molecule has 0 saturated carbocycles. The van der Waals surface area contributed by atoms with Gasteiger partial charge in [0, 0.05) is 34.3 Å². The molecule has 2 aliphatic rings. The lowest BCUT2D eigenvalue weighted by Crippen LogP contribution is -2.46. The number of aryl methyl sites for hydroxylation is 1. The van der Waals surface area contributed by atoms with E-state index in [-0.39, 0.29) is 17.5 Å². The van der Waals surface area contributed by atoms with Gasteiger partial charge in [-0.25, -0.2) is 12.4 Å². The largest absolute Gasteiger partial charge is 0.323 e. The van der Waals surface area contributed by atoms with Crippen LogP contribution in [0.25, 0.3) is 16.5 Å². The van der Waals surface area contributed by atoms with Gasteiger partial charge in [-0.1, -0.05) is 35.9 Å². The number of hydrogen-bond acceptors (Lipinski definition) is 4. The Balaban J connectivity index is 1.72. The molecule has 6 heteroatoms. The highest BCUT2D eigenvalue weighted by Gasteiger charge is 2.34. The van der Waals surface area contributed by atoms with Crippen LogP contribution in [0, 0.1) is 6.92 Å². The molecule has 1 aliphatic carbocycles. The molecule has 0 saturated heterocycles. The summed E-state index contributed by atoms with van der Waals surface area (Å²) in [6, 6.07) is 11.5. The summed E-state index contributed by atoms with van der Waals surface area (Å²) in [6.07, 6.45) is 3.99. The van der Waals surface area contributed by atoms with Crippen molar-refractivity contribution in [3.63, 3.8) is 0 Å². The van der Waals surface area contributed by atoms with E-state index in [1.54, 1.807) is 36.5 Å². The summed E-state index contributed by atoms with van der Waals surface area (Å²) in [5, 5.41) is 0.847. The molecule has 5 nitrogen and oxygen atoms in total. The van der Waals surface area contributed by atoms with Gasteiger partial charge >= 0.3 is 0 Å². The molecule has 0 fully saturated rings. The van der Waals surface area contributed by atoms with Crippen LogP contribution in [0.1, 0.15) is 20.8 Å². The van der Waals surface area contributed by atoms with Gasteiger partial charge in [-0.15, -0.1) is 0 Å². The van der Waals surface area contributed by atoms with Crippen LogP contribution in [0.4, 0.5) is 0 Å². The van der Waals surface area contributed by atoms with E-state index in [0.717, 1.165) is 27.6 Å². The quantitative estimate of drug-likeness (QED) is 0.723. The number of nitrogens with zero attached hydrogens (tertiary/aromatic N) is 2. The third kappa shape index (κ3) is 2.49. The number of likely N-dealkylation sites (N-methyl/N-ethyl adjacent to an activating group) is 1. The highest BCUT2D eigenvalue weighted by molar-refractivity contribution is 7.90. The maximum absolute atomic E-state index is 13.4. The fraction of sp³-hybridized carbons (Fsp3) is 0.273. The van der Waals surface area contributed by atoms with Crippen LogP contribution in [0.3, 0.4) is 0 Å². The molecule has 1 aromatic heterocycles. The van der Waals surface area contributed by atoms with E-state index in [9.17, 15) is 8.42 Å². The topological polar surface area (TPSA) is 68.3 Å². The van der Waals surface area contributed by atoms with Crippen LogP contribution >= 0.6 is 0 Å². The molecule has 2 aromatic carbocycles. The molecule has 5 rings (SSSR count). The van der Waals surface area contributed by atoms with Gasteiger partial charge in [-0.3, -0.25) is 4.90 Å². The number of benzene rings is 2. The van der Waals surface area contributed by atoms with Crippen LogP contribution in [0.15, 0.2) is 59.6 Å². The Kier molecular flexibility index (Phi) is 3.14. The molecule has 2 atom stereocenters. The number of nitrogens with two attached hydrogens (primary N) is 1. The van der Waals surface area contributed by atoms with Crippen molar-refractivity contribution < 1.29 is 12.5 Å². The normalized spacial score (nSPS) is 24.2. The summed E-state index contributed by atoms with van der Waals surface area (Å²) in [5.41, 5.74) is 10.3. The maximum Gasteiger partial charge on any atom is 0.268 e. The van der Waals surface area contributed by atoms with Crippen LogP contribution in [-0.4, -0.2) is 42.9 Å². The van der Waals surface area contributed by atoms with Gasteiger partial charge in [0.05, 0.1) is 10.4 Å². The Hall–Kier alpha value is -2.41. The molecule has 2 heterocycles. The number of rotatable bonds is 2. The minimum absolute atomic E-state index is 0.217. The molecule has 2 N–H and O–H groups in total. The van der Waals surface area contributed by atoms with Gasteiger partial charge in [0.25, 0.3) is 10.0 Å². The molecule has 3 aromatic rings. The van der Waals surface area contributed by atoms with Crippen molar-refractivity contribution in [1.29, 1.82) is 0 Å². The monoisotopic (exact) mass is 396 g/mol. The second-order valence-corrected chi connectivity index (χ2v) is 9.44. The number of hydrogen-bond donors (Lipinski definition) is 1. The second kappa shape index (κ2) is 6.04. The average molecular weight is 397 g/mol. The van der Waals surface area contributed by atoms with Crippen LogP contribution in [0.5, 0.6) is 0 Å². The van der Waals surface area contributed by atoms with Crippen molar-refractivity contribution in [1.82, 2.24) is 8.87 Å². The minimum Gasteiger partial charge on any atom is -0.323 e. The first-order chi connectivity index (χ1) is 14.6. The van der Waals surface area contributed by atoms with Crippen LogP contribution < -0.4 is 5.73 Å². The van der Waals surface area contributed by atoms with Crippen LogP contribution in [-0.2, 0) is 16.4 Å². The zero-order valence-electron chi connectivity index (χ0n) is 18.5. The summed E-state index contributed by atoms with van der Waals surface area (Å²) in [5.74, 6) is 0. The van der Waals surface area contributed by atoms with Crippen molar-refractivity contribution in [2.45, 2.75) is 30.3 Å². The van der Waals surface area contributed by atoms with E-state index < -0.39 is 23.0 Å². The van der Waals surface area contributed by atoms with Crippen LogP contribution in [0.2, 0.25) is 0 Å². The highest BCUT2D eigenvalue weighted by atomic mass is 32.2. The van der Waals surface area contributed by atoms with Crippen molar-refractivity contribution in [3.05, 3.63) is 71.4 Å². The Labute approximate surface area is 169 Å². The van der Waals surface area contributed by atoms with E-state index in [4.69, 9.17) is 9.85 Å². The van der Waals surface area contributed by atoms with Crippen molar-refractivity contribution in [2.75, 3.05) is 13.5 Å². The number of fused-ring (bicyclic) bond motifs is 2. The molecule has 28 heavy (non-hydrogen) atoms. The van der Waals surface area contributed by atoms with E-state index in [2.05, 4.69) is 0 Å². The highest BCUT2D eigenvalue weighted by Crippen LogP contribution is 2.41. The van der Waals surface area contributed by atoms with Crippen molar-refractivity contribution in [3.8, 4) is 0 Å². The average Bonchev–Trinajstić information content (AvgIpc) is 3.08. The van der Waals surface area contributed by atoms with E-state index in [1.165, 1.54) is 8.87 Å². The first-order valence-electron chi connectivity index (χ1n) is 10.8. The summed E-state index contributed by atoms with van der Waals surface area (Å²) in [6.45, 7) is -0.146. The van der Waals surface area contributed by atoms with Gasteiger partial charge in [-0.05, 0) is 55.2 Å². The molecule has 1 aliphatic heterocycles. The van der Waals surface area contributed by atoms with Gasteiger partial charge < -0.3 is 5.73 Å². The van der Waals surface area contributed by atoms with Gasteiger partial charge in [0.1, 0.15) is 0 Å². The van der Waals surface area contributed by atoms with Crippen molar-refractivity contribution in [2.24, 2.45) is 5.73 Å². The zero-order chi connectivity index (χ0) is 22.1. The molecule has 0 radical (unpaired) electrons. The Morgan fingerprint density at radius 3 is 2.71 bits per heavy atom. The summed E-state index contributed by atoms with van der Waals surface area (Å²) < 4.78 is 52.1. The van der Waals surface area contributed by atoms with Gasteiger partial charge in [0.2, 0.25) is 0 Å². The maximum atomic E-state index is 13.4. The number of aromatic nitrogens is 1. The lowest BCUT2D eigenvalue weighted by atomic mass is 9.81. The van der Waals surface area contributed by atoms with Gasteiger partial charge in [0.15, 0.2) is 0 Å². The van der Waals surface area contributed by atoms with E-state index in [1.807, 2.05) is 25.1 Å². The smallest absolute Gasteiger partial charge is 0.268 e. The molecule has 144 valence electrons. The zero-order valence-corrected chi connectivity index (χ0v) is 16.3. The molecule has 0 bridgehead atoms. The molecule has 0 amide bonds. The van der Waals surface area contributed by atoms with E-state index in [0.29, 0.717) is 11.9 Å². The minimum atomic E-state index is -3.80. The van der Waals surface area contributed by atoms with E-state index >= 15 is 0 Å². The molecule has 0 unspecified atom stereocenters. The van der Waals surface area contributed by atoms with Crippen molar-refractivity contribution >= 4 is 26.5 Å².